The molecule has 0 atom stereocenters. The van der Waals surface area contributed by atoms with Crippen LogP contribution in [0, 0.1) is 5.82 Å². The topological polar surface area (TPSA) is 58.6 Å². The van der Waals surface area contributed by atoms with E-state index in [1.807, 2.05) is 29.2 Å². The first-order valence-electron chi connectivity index (χ1n) is 9.94. The second-order valence-electron chi connectivity index (χ2n) is 7.25. The number of aromatic nitrogens is 2. The highest BCUT2D eigenvalue weighted by Gasteiger charge is 2.21. The lowest BCUT2D eigenvalue weighted by Crippen LogP contribution is -2.32. The molecule has 0 N–H and O–H groups in total. The summed E-state index contributed by atoms with van der Waals surface area (Å²) in [5, 5.41) is 0. The maximum absolute atomic E-state index is 13.1. The molecule has 0 radical (unpaired) electrons. The van der Waals surface area contributed by atoms with Crippen molar-refractivity contribution in [1.82, 2.24) is 19.8 Å². The van der Waals surface area contributed by atoms with Gasteiger partial charge in [0.1, 0.15) is 11.6 Å². The van der Waals surface area contributed by atoms with Gasteiger partial charge in [-0.25, -0.2) is 14.4 Å². The molecule has 4 rings (SSSR count). The molecular weight excluding hydrogens is 383 g/mol. The maximum Gasteiger partial charge on any atom is 0.321 e. The van der Waals surface area contributed by atoms with Gasteiger partial charge < -0.3 is 9.64 Å². The summed E-state index contributed by atoms with van der Waals surface area (Å²) in [5.41, 5.74) is 2.09. The third kappa shape index (κ3) is 5.39. The van der Waals surface area contributed by atoms with Crippen LogP contribution in [-0.2, 0) is 17.9 Å². The fourth-order valence-electron chi connectivity index (χ4n) is 3.41. The van der Waals surface area contributed by atoms with E-state index in [2.05, 4.69) is 14.9 Å². The lowest BCUT2D eigenvalue weighted by molar-refractivity contribution is -0.130. The fourth-order valence-corrected chi connectivity index (χ4v) is 3.41. The Labute approximate surface area is 174 Å². The molecule has 0 bridgehead atoms. The molecule has 1 aliphatic heterocycles. The SMILES string of the molecule is O=C1CCN(Cc2ccc(Oc3ncccn3)cc2)CCN1Cc1ccc(F)cc1. The Kier molecular flexibility index (Phi) is 6.29. The van der Waals surface area contributed by atoms with Gasteiger partial charge in [-0.05, 0) is 41.5 Å². The van der Waals surface area contributed by atoms with Gasteiger partial charge >= 0.3 is 6.01 Å². The molecule has 1 aromatic heterocycles. The molecule has 1 aliphatic rings. The van der Waals surface area contributed by atoms with Crippen LogP contribution in [0.15, 0.2) is 67.0 Å². The van der Waals surface area contributed by atoms with Crippen LogP contribution in [0.3, 0.4) is 0 Å². The zero-order valence-electron chi connectivity index (χ0n) is 16.6. The monoisotopic (exact) mass is 406 g/mol. The lowest BCUT2D eigenvalue weighted by atomic mass is 10.2. The van der Waals surface area contributed by atoms with Crippen LogP contribution >= 0.6 is 0 Å². The number of halogens is 1. The van der Waals surface area contributed by atoms with Crippen molar-refractivity contribution in [2.75, 3.05) is 19.6 Å². The molecule has 0 aliphatic carbocycles. The van der Waals surface area contributed by atoms with Gasteiger partial charge in [-0.15, -0.1) is 0 Å². The summed E-state index contributed by atoms with van der Waals surface area (Å²) in [5.74, 6) is 0.551. The number of rotatable bonds is 6. The van der Waals surface area contributed by atoms with Crippen LogP contribution in [0.25, 0.3) is 0 Å². The van der Waals surface area contributed by atoms with E-state index in [0.717, 1.165) is 30.8 Å². The summed E-state index contributed by atoms with van der Waals surface area (Å²) in [6.45, 7) is 3.45. The summed E-state index contributed by atoms with van der Waals surface area (Å²) in [7, 11) is 0. The Morgan fingerprint density at radius 1 is 0.867 bits per heavy atom. The molecule has 0 unspecified atom stereocenters. The molecule has 0 saturated carbocycles. The minimum absolute atomic E-state index is 0.133. The molecule has 0 spiro atoms. The molecule has 154 valence electrons. The van der Waals surface area contributed by atoms with Crippen LogP contribution in [0.2, 0.25) is 0 Å². The average Bonchev–Trinajstić information content (AvgIpc) is 2.94. The van der Waals surface area contributed by atoms with E-state index in [9.17, 15) is 9.18 Å². The van der Waals surface area contributed by atoms with E-state index in [4.69, 9.17) is 4.74 Å². The molecule has 7 heteroatoms. The molecule has 30 heavy (non-hydrogen) atoms. The van der Waals surface area contributed by atoms with Gasteiger partial charge in [0.2, 0.25) is 5.91 Å². The first-order chi connectivity index (χ1) is 14.7. The summed E-state index contributed by atoms with van der Waals surface area (Å²) in [6, 6.07) is 16.2. The smallest absolute Gasteiger partial charge is 0.321 e. The molecule has 2 heterocycles. The second-order valence-corrected chi connectivity index (χ2v) is 7.25. The largest absolute Gasteiger partial charge is 0.424 e. The summed E-state index contributed by atoms with van der Waals surface area (Å²) in [6.07, 6.45) is 3.75. The predicted octanol–water partition coefficient (Wildman–Crippen LogP) is 3.64. The van der Waals surface area contributed by atoms with Crippen LogP contribution in [-0.4, -0.2) is 45.3 Å². The van der Waals surface area contributed by atoms with Crippen LogP contribution in [0.1, 0.15) is 17.5 Å². The highest BCUT2D eigenvalue weighted by atomic mass is 19.1. The number of hydrogen-bond donors (Lipinski definition) is 0. The summed E-state index contributed by atoms with van der Waals surface area (Å²) >= 11 is 0. The highest BCUT2D eigenvalue weighted by Crippen LogP contribution is 2.19. The van der Waals surface area contributed by atoms with E-state index >= 15 is 0 Å². The number of ether oxygens (including phenoxy) is 1. The first-order valence-corrected chi connectivity index (χ1v) is 9.94. The van der Waals surface area contributed by atoms with Crippen molar-refractivity contribution >= 4 is 5.91 Å². The van der Waals surface area contributed by atoms with Crippen LogP contribution in [0.4, 0.5) is 4.39 Å². The van der Waals surface area contributed by atoms with Crippen molar-refractivity contribution in [3.8, 4) is 11.8 Å². The zero-order valence-corrected chi connectivity index (χ0v) is 16.6. The molecule has 1 amide bonds. The summed E-state index contributed by atoms with van der Waals surface area (Å²) < 4.78 is 18.7. The number of carbonyl (C=O) groups is 1. The van der Waals surface area contributed by atoms with Crippen LogP contribution in [0.5, 0.6) is 11.8 Å². The minimum atomic E-state index is -0.264. The van der Waals surface area contributed by atoms with Crippen molar-refractivity contribution in [1.29, 1.82) is 0 Å². The van der Waals surface area contributed by atoms with E-state index in [0.29, 0.717) is 31.3 Å². The third-order valence-corrected chi connectivity index (χ3v) is 5.05. The third-order valence-electron chi connectivity index (χ3n) is 5.05. The van der Waals surface area contributed by atoms with Gasteiger partial charge in [0.05, 0.1) is 0 Å². The average molecular weight is 406 g/mol. The molecule has 1 fully saturated rings. The number of nitrogens with zero attached hydrogens (tertiary/aromatic N) is 4. The Morgan fingerprint density at radius 2 is 1.53 bits per heavy atom. The fraction of sp³-hybridized carbons (Fsp3) is 0.261. The summed E-state index contributed by atoms with van der Waals surface area (Å²) in [4.78, 5) is 24.7. The van der Waals surface area contributed by atoms with Crippen molar-refractivity contribution < 1.29 is 13.9 Å². The molecule has 2 aromatic carbocycles. The van der Waals surface area contributed by atoms with E-state index < -0.39 is 0 Å². The standard InChI is InChI=1S/C23H23FN4O2/c24-20-6-2-19(3-7-20)17-28-15-14-27(13-10-22(28)29)16-18-4-8-21(9-5-18)30-23-25-11-1-12-26-23/h1-9,11-12H,10,13-17H2. The Hall–Kier alpha value is -3.32. The number of hydrogen-bond acceptors (Lipinski definition) is 5. The molecule has 1 saturated heterocycles. The van der Waals surface area contributed by atoms with Crippen molar-refractivity contribution in [3.63, 3.8) is 0 Å². The number of amides is 1. The second kappa shape index (κ2) is 9.45. The van der Waals surface area contributed by atoms with E-state index in [1.165, 1.54) is 12.1 Å². The Balaban J connectivity index is 1.32. The quantitative estimate of drug-likeness (QED) is 0.626. The normalized spacial score (nSPS) is 15.1. The number of carbonyl (C=O) groups excluding carboxylic acids is 1. The minimum Gasteiger partial charge on any atom is -0.424 e. The van der Waals surface area contributed by atoms with Gasteiger partial charge in [-0.1, -0.05) is 24.3 Å². The van der Waals surface area contributed by atoms with E-state index in [1.54, 1.807) is 30.6 Å². The van der Waals surface area contributed by atoms with Gasteiger partial charge in [0.15, 0.2) is 0 Å². The Morgan fingerprint density at radius 3 is 2.27 bits per heavy atom. The maximum atomic E-state index is 13.1. The van der Waals surface area contributed by atoms with Crippen molar-refractivity contribution in [2.45, 2.75) is 19.5 Å². The van der Waals surface area contributed by atoms with Crippen molar-refractivity contribution in [2.24, 2.45) is 0 Å². The first kappa shape index (κ1) is 20.0. The van der Waals surface area contributed by atoms with Gasteiger partial charge in [0.25, 0.3) is 0 Å². The highest BCUT2D eigenvalue weighted by molar-refractivity contribution is 5.76. The Bertz CT molecular complexity index is 965. The van der Waals surface area contributed by atoms with Gasteiger partial charge in [0, 0.05) is 51.5 Å². The lowest BCUT2D eigenvalue weighted by Gasteiger charge is -2.22. The van der Waals surface area contributed by atoms with E-state index in [-0.39, 0.29) is 11.7 Å². The predicted molar refractivity (Wildman–Crippen MR) is 110 cm³/mol. The molecule has 3 aromatic rings. The molecule has 6 nitrogen and oxygen atoms in total. The van der Waals surface area contributed by atoms with Crippen molar-refractivity contribution in [3.05, 3.63) is 83.9 Å². The van der Waals surface area contributed by atoms with Gasteiger partial charge in [-0.3, -0.25) is 9.69 Å². The number of benzene rings is 2. The van der Waals surface area contributed by atoms with Crippen LogP contribution < -0.4 is 4.74 Å². The zero-order chi connectivity index (χ0) is 20.8. The van der Waals surface area contributed by atoms with Gasteiger partial charge in [-0.2, -0.15) is 0 Å². The molecular formula is C23H23FN4O2.